The van der Waals surface area contributed by atoms with Crippen LogP contribution in [-0.4, -0.2) is 71.7 Å². The summed E-state index contributed by atoms with van der Waals surface area (Å²) in [5, 5.41) is 0.315. The van der Waals surface area contributed by atoms with Gasteiger partial charge in [0.15, 0.2) is 5.69 Å². The zero-order chi connectivity index (χ0) is 14.7. The Labute approximate surface area is 132 Å². The van der Waals surface area contributed by atoms with Gasteiger partial charge in [-0.15, -0.1) is 0 Å². The van der Waals surface area contributed by atoms with Crippen molar-refractivity contribution >= 4 is 35.2 Å². The van der Waals surface area contributed by atoms with Crippen LogP contribution in [0.15, 0.2) is 6.20 Å². The standard InChI is InChI=1S/C13H17ClN4O2S/c14-10-9-15-13(18-1-5-20-6-2-18)16-11(10)12(19)17-3-7-21-8-4-17/h9H,1-8H2. The number of hydrogen-bond acceptors (Lipinski definition) is 6. The molecule has 114 valence electrons. The third-order valence-corrected chi connectivity index (χ3v) is 4.75. The van der Waals surface area contributed by atoms with Crippen molar-refractivity contribution in [3.05, 3.63) is 16.9 Å². The zero-order valence-electron chi connectivity index (χ0n) is 11.6. The van der Waals surface area contributed by atoms with E-state index in [4.69, 9.17) is 16.3 Å². The van der Waals surface area contributed by atoms with Crippen LogP contribution >= 0.6 is 23.4 Å². The maximum absolute atomic E-state index is 12.6. The predicted molar refractivity (Wildman–Crippen MR) is 83.3 cm³/mol. The Morgan fingerprint density at radius 2 is 1.95 bits per heavy atom. The zero-order valence-corrected chi connectivity index (χ0v) is 13.2. The van der Waals surface area contributed by atoms with Crippen molar-refractivity contribution in [1.82, 2.24) is 14.9 Å². The molecule has 0 unspecified atom stereocenters. The van der Waals surface area contributed by atoms with Gasteiger partial charge >= 0.3 is 0 Å². The highest BCUT2D eigenvalue weighted by atomic mass is 35.5. The Kier molecular flexibility index (Phi) is 4.82. The van der Waals surface area contributed by atoms with Crippen LogP contribution in [0.5, 0.6) is 0 Å². The van der Waals surface area contributed by atoms with Gasteiger partial charge in [0.25, 0.3) is 5.91 Å². The largest absolute Gasteiger partial charge is 0.378 e. The molecule has 0 N–H and O–H groups in total. The lowest BCUT2D eigenvalue weighted by Gasteiger charge is -2.28. The first-order valence-electron chi connectivity index (χ1n) is 6.98. The smallest absolute Gasteiger partial charge is 0.274 e. The van der Waals surface area contributed by atoms with Crippen molar-refractivity contribution in [3.63, 3.8) is 0 Å². The first kappa shape index (κ1) is 14.9. The van der Waals surface area contributed by atoms with Crippen LogP contribution in [0.25, 0.3) is 0 Å². The average Bonchev–Trinajstić information content (AvgIpc) is 2.56. The van der Waals surface area contributed by atoms with Crippen LogP contribution in [0.3, 0.4) is 0 Å². The number of nitrogens with zero attached hydrogens (tertiary/aromatic N) is 4. The first-order chi connectivity index (χ1) is 10.3. The number of anilines is 1. The summed E-state index contributed by atoms with van der Waals surface area (Å²) in [5.74, 6) is 2.38. The number of halogens is 1. The van der Waals surface area contributed by atoms with Crippen LogP contribution in [0.2, 0.25) is 5.02 Å². The van der Waals surface area contributed by atoms with Crippen molar-refractivity contribution < 1.29 is 9.53 Å². The van der Waals surface area contributed by atoms with E-state index in [0.29, 0.717) is 29.9 Å². The van der Waals surface area contributed by atoms with Crippen molar-refractivity contribution in [3.8, 4) is 0 Å². The van der Waals surface area contributed by atoms with Gasteiger partial charge in [-0.3, -0.25) is 4.79 Å². The summed E-state index contributed by atoms with van der Waals surface area (Å²) >= 11 is 7.99. The summed E-state index contributed by atoms with van der Waals surface area (Å²) in [6.07, 6.45) is 1.52. The summed E-state index contributed by atoms with van der Waals surface area (Å²) in [5.41, 5.74) is 0.306. The number of thioether (sulfide) groups is 1. The highest BCUT2D eigenvalue weighted by Crippen LogP contribution is 2.20. The van der Waals surface area contributed by atoms with Gasteiger partial charge in [-0.25, -0.2) is 9.97 Å². The molecule has 6 nitrogen and oxygen atoms in total. The summed E-state index contributed by atoms with van der Waals surface area (Å²) in [6, 6.07) is 0. The molecule has 2 aliphatic rings. The Balaban J connectivity index is 1.81. The molecule has 0 aliphatic carbocycles. The molecule has 2 saturated heterocycles. The Hall–Kier alpha value is -1.05. The van der Waals surface area contributed by atoms with Crippen molar-refractivity contribution in [2.75, 3.05) is 55.8 Å². The van der Waals surface area contributed by atoms with Crippen molar-refractivity contribution in [2.24, 2.45) is 0 Å². The highest BCUT2D eigenvalue weighted by Gasteiger charge is 2.24. The molecule has 0 atom stereocenters. The SMILES string of the molecule is O=C(c1nc(N2CCOCC2)ncc1Cl)N1CCSCC1. The Morgan fingerprint density at radius 3 is 2.67 bits per heavy atom. The van der Waals surface area contributed by atoms with Gasteiger partial charge in [0.2, 0.25) is 5.95 Å². The van der Waals surface area contributed by atoms with Crippen LogP contribution < -0.4 is 4.90 Å². The fraction of sp³-hybridized carbons (Fsp3) is 0.615. The van der Waals surface area contributed by atoms with E-state index in [0.717, 1.165) is 37.7 Å². The van der Waals surface area contributed by atoms with Gasteiger partial charge in [-0.05, 0) is 0 Å². The second-order valence-corrected chi connectivity index (χ2v) is 6.50. The van der Waals surface area contributed by atoms with Gasteiger partial charge in [0, 0.05) is 37.7 Å². The van der Waals surface area contributed by atoms with Crippen LogP contribution in [0, 0.1) is 0 Å². The van der Waals surface area contributed by atoms with Crippen LogP contribution in [0.4, 0.5) is 5.95 Å². The van der Waals surface area contributed by atoms with Crippen molar-refractivity contribution in [2.45, 2.75) is 0 Å². The molecule has 1 aromatic heterocycles. The van der Waals surface area contributed by atoms with E-state index in [9.17, 15) is 4.79 Å². The quantitative estimate of drug-likeness (QED) is 0.812. The number of carbonyl (C=O) groups excluding carboxylic acids is 1. The minimum atomic E-state index is -0.0998. The molecular weight excluding hydrogens is 312 g/mol. The fourth-order valence-electron chi connectivity index (χ4n) is 2.34. The molecule has 2 fully saturated rings. The molecule has 0 bridgehead atoms. The first-order valence-corrected chi connectivity index (χ1v) is 8.51. The van der Waals surface area contributed by atoms with E-state index in [2.05, 4.69) is 9.97 Å². The second-order valence-electron chi connectivity index (χ2n) is 4.87. The Bertz CT molecular complexity index is 519. The average molecular weight is 329 g/mol. The number of morpholine rings is 1. The van der Waals surface area contributed by atoms with Gasteiger partial charge in [0.05, 0.1) is 24.4 Å². The molecule has 1 amide bonds. The van der Waals surface area contributed by atoms with Crippen molar-refractivity contribution in [1.29, 1.82) is 0 Å². The van der Waals surface area contributed by atoms with Gasteiger partial charge in [-0.2, -0.15) is 11.8 Å². The summed E-state index contributed by atoms with van der Waals surface area (Å²) in [4.78, 5) is 25.0. The topological polar surface area (TPSA) is 58.6 Å². The maximum Gasteiger partial charge on any atom is 0.274 e. The number of rotatable bonds is 2. The lowest BCUT2D eigenvalue weighted by molar-refractivity contribution is 0.0766. The minimum absolute atomic E-state index is 0.0998. The lowest BCUT2D eigenvalue weighted by Crippen LogP contribution is -2.40. The molecular formula is C13H17ClN4O2S. The molecule has 0 saturated carbocycles. The van der Waals surface area contributed by atoms with E-state index in [1.54, 1.807) is 0 Å². The molecule has 0 spiro atoms. The summed E-state index contributed by atoms with van der Waals surface area (Å²) in [7, 11) is 0. The number of aromatic nitrogens is 2. The summed E-state index contributed by atoms with van der Waals surface area (Å²) in [6.45, 7) is 4.26. The van der Waals surface area contributed by atoms with Gasteiger partial charge in [0.1, 0.15) is 0 Å². The van der Waals surface area contributed by atoms with E-state index in [-0.39, 0.29) is 5.91 Å². The van der Waals surface area contributed by atoms with Crippen LogP contribution in [0.1, 0.15) is 10.5 Å². The number of amides is 1. The molecule has 1 aromatic rings. The Morgan fingerprint density at radius 1 is 1.24 bits per heavy atom. The minimum Gasteiger partial charge on any atom is -0.378 e. The molecule has 8 heteroatoms. The fourth-order valence-corrected chi connectivity index (χ4v) is 3.41. The highest BCUT2D eigenvalue weighted by molar-refractivity contribution is 7.99. The molecule has 21 heavy (non-hydrogen) atoms. The third kappa shape index (κ3) is 3.41. The molecule has 2 aliphatic heterocycles. The lowest BCUT2D eigenvalue weighted by atomic mass is 10.3. The monoisotopic (exact) mass is 328 g/mol. The van der Waals surface area contributed by atoms with E-state index in [1.807, 2.05) is 21.6 Å². The van der Waals surface area contributed by atoms with E-state index < -0.39 is 0 Å². The summed E-state index contributed by atoms with van der Waals surface area (Å²) < 4.78 is 5.32. The molecule has 3 heterocycles. The number of carbonyl (C=O) groups is 1. The number of hydrogen-bond donors (Lipinski definition) is 0. The molecule has 3 rings (SSSR count). The maximum atomic E-state index is 12.6. The third-order valence-electron chi connectivity index (χ3n) is 3.53. The van der Waals surface area contributed by atoms with E-state index in [1.165, 1.54) is 6.20 Å². The van der Waals surface area contributed by atoms with Gasteiger partial charge < -0.3 is 14.5 Å². The van der Waals surface area contributed by atoms with E-state index >= 15 is 0 Å². The second kappa shape index (κ2) is 6.81. The van der Waals surface area contributed by atoms with Crippen LogP contribution in [-0.2, 0) is 4.74 Å². The molecule has 0 radical (unpaired) electrons. The van der Waals surface area contributed by atoms with Gasteiger partial charge in [-0.1, -0.05) is 11.6 Å². The molecule has 0 aromatic carbocycles. The normalized spacial score (nSPS) is 19.7. The number of ether oxygens (including phenoxy) is 1. The predicted octanol–water partition coefficient (Wildman–Crippen LogP) is 1.16.